The van der Waals surface area contributed by atoms with Gasteiger partial charge in [-0.2, -0.15) is 0 Å². The third-order valence-electron chi connectivity index (χ3n) is 3.47. The van der Waals surface area contributed by atoms with Crippen LogP contribution in [0.1, 0.15) is 25.7 Å². The predicted molar refractivity (Wildman–Crippen MR) is 58.0 cm³/mol. The Labute approximate surface area is 94.8 Å². The molecule has 0 radical (unpaired) electrons. The van der Waals surface area contributed by atoms with Gasteiger partial charge in [0, 0.05) is 13.1 Å². The van der Waals surface area contributed by atoms with E-state index in [4.69, 9.17) is 5.11 Å². The van der Waals surface area contributed by atoms with Gasteiger partial charge in [-0.3, -0.25) is 4.79 Å². The third kappa shape index (κ3) is 2.19. The molecule has 0 bridgehead atoms. The second kappa shape index (κ2) is 4.82. The summed E-state index contributed by atoms with van der Waals surface area (Å²) >= 11 is 0. The van der Waals surface area contributed by atoms with Crippen molar-refractivity contribution < 1.29 is 14.7 Å². The quantitative estimate of drug-likeness (QED) is 0.698. The second-order valence-corrected chi connectivity index (χ2v) is 4.57. The van der Waals surface area contributed by atoms with E-state index >= 15 is 0 Å². The molecule has 5 nitrogen and oxygen atoms in total. The van der Waals surface area contributed by atoms with Crippen LogP contribution in [-0.2, 0) is 9.59 Å². The van der Waals surface area contributed by atoms with Crippen LogP contribution in [0.25, 0.3) is 0 Å². The van der Waals surface area contributed by atoms with Crippen molar-refractivity contribution in [3.05, 3.63) is 0 Å². The summed E-state index contributed by atoms with van der Waals surface area (Å²) in [5.41, 5.74) is 0. The highest BCUT2D eigenvalue weighted by Gasteiger charge is 2.37. The maximum Gasteiger partial charge on any atom is 0.326 e. The lowest BCUT2D eigenvalue weighted by atomic mass is 9.98. The molecule has 0 spiro atoms. The summed E-state index contributed by atoms with van der Waals surface area (Å²) in [5, 5.41) is 12.2. The number of aliphatic carboxylic acids is 1. The number of likely N-dealkylation sites (tertiary alicyclic amines) is 1. The van der Waals surface area contributed by atoms with Crippen LogP contribution >= 0.6 is 0 Å². The molecule has 2 heterocycles. The lowest BCUT2D eigenvalue weighted by molar-refractivity contribution is -0.150. The number of rotatable bonds is 2. The van der Waals surface area contributed by atoms with Crippen molar-refractivity contribution in [1.29, 1.82) is 0 Å². The van der Waals surface area contributed by atoms with Crippen molar-refractivity contribution in [3.8, 4) is 0 Å². The van der Waals surface area contributed by atoms with E-state index in [-0.39, 0.29) is 11.8 Å². The number of hydrogen-bond donors (Lipinski definition) is 2. The van der Waals surface area contributed by atoms with E-state index in [1.807, 2.05) is 0 Å². The van der Waals surface area contributed by atoms with Gasteiger partial charge >= 0.3 is 5.97 Å². The van der Waals surface area contributed by atoms with Gasteiger partial charge in [-0.05, 0) is 32.2 Å². The molecule has 1 amide bonds. The van der Waals surface area contributed by atoms with Crippen LogP contribution in [0.5, 0.6) is 0 Å². The number of hydrogen-bond acceptors (Lipinski definition) is 3. The number of amides is 1. The van der Waals surface area contributed by atoms with Crippen molar-refractivity contribution in [2.75, 3.05) is 19.6 Å². The molecule has 2 N–H and O–H groups in total. The highest BCUT2D eigenvalue weighted by atomic mass is 16.4. The van der Waals surface area contributed by atoms with E-state index < -0.39 is 12.0 Å². The first-order valence-electron chi connectivity index (χ1n) is 5.94. The Kier molecular flexibility index (Phi) is 3.43. The molecule has 5 heteroatoms. The van der Waals surface area contributed by atoms with Gasteiger partial charge < -0.3 is 15.3 Å². The Balaban J connectivity index is 1.99. The highest BCUT2D eigenvalue weighted by Crippen LogP contribution is 2.22. The van der Waals surface area contributed by atoms with Gasteiger partial charge in [-0.15, -0.1) is 0 Å². The second-order valence-electron chi connectivity index (χ2n) is 4.57. The zero-order valence-corrected chi connectivity index (χ0v) is 9.32. The summed E-state index contributed by atoms with van der Waals surface area (Å²) in [5.74, 6) is -0.861. The molecule has 2 aliphatic heterocycles. The van der Waals surface area contributed by atoms with Gasteiger partial charge in [-0.1, -0.05) is 0 Å². The maximum absolute atomic E-state index is 12.1. The molecule has 2 aliphatic rings. The molecule has 2 saturated heterocycles. The monoisotopic (exact) mass is 226 g/mol. The van der Waals surface area contributed by atoms with Crippen molar-refractivity contribution >= 4 is 11.9 Å². The van der Waals surface area contributed by atoms with Gasteiger partial charge in [-0.25, -0.2) is 4.79 Å². The van der Waals surface area contributed by atoms with Gasteiger partial charge in [0.2, 0.25) is 5.91 Å². The minimum atomic E-state index is -0.866. The maximum atomic E-state index is 12.1. The molecule has 2 rings (SSSR count). The van der Waals surface area contributed by atoms with Gasteiger partial charge in [0.25, 0.3) is 0 Å². The Hall–Kier alpha value is -1.10. The number of carbonyl (C=O) groups excluding carboxylic acids is 1. The Bertz CT molecular complexity index is 287. The summed E-state index contributed by atoms with van der Waals surface area (Å²) in [7, 11) is 0. The largest absolute Gasteiger partial charge is 0.480 e. The number of nitrogens with one attached hydrogen (secondary N) is 1. The Morgan fingerprint density at radius 2 is 2.06 bits per heavy atom. The van der Waals surface area contributed by atoms with E-state index in [1.54, 1.807) is 4.90 Å². The van der Waals surface area contributed by atoms with Crippen LogP contribution in [0.2, 0.25) is 0 Å². The summed E-state index contributed by atoms with van der Waals surface area (Å²) in [6.07, 6.45) is 3.29. The minimum Gasteiger partial charge on any atom is -0.480 e. The first-order valence-corrected chi connectivity index (χ1v) is 5.94. The van der Waals surface area contributed by atoms with Gasteiger partial charge in [0.1, 0.15) is 6.04 Å². The lowest BCUT2D eigenvalue weighted by Gasteiger charge is -2.29. The molecule has 0 aromatic rings. The van der Waals surface area contributed by atoms with Crippen LogP contribution in [0.15, 0.2) is 0 Å². The molecule has 1 unspecified atom stereocenters. The molecule has 0 aromatic carbocycles. The van der Waals surface area contributed by atoms with Crippen LogP contribution in [0.4, 0.5) is 0 Å². The van der Waals surface area contributed by atoms with E-state index in [0.717, 1.165) is 25.8 Å². The number of piperidine rings is 1. The van der Waals surface area contributed by atoms with E-state index in [9.17, 15) is 9.59 Å². The normalized spacial score (nSPS) is 30.4. The molecular formula is C11H18N2O3. The topological polar surface area (TPSA) is 69.6 Å². The van der Waals surface area contributed by atoms with E-state index in [2.05, 4.69) is 5.32 Å². The molecule has 0 aliphatic carbocycles. The molecule has 2 fully saturated rings. The molecule has 0 aromatic heterocycles. The first-order chi connectivity index (χ1) is 7.70. The predicted octanol–water partition coefficient (Wildman–Crippen LogP) is 0.0616. The molecule has 0 saturated carbocycles. The van der Waals surface area contributed by atoms with Crippen molar-refractivity contribution in [3.63, 3.8) is 0 Å². The zero-order chi connectivity index (χ0) is 11.5. The third-order valence-corrected chi connectivity index (χ3v) is 3.47. The fourth-order valence-corrected chi connectivity index (χ4v) is 2.58. The van der Waals surface area contributed by atoms with Crippen LogP contribution < -0.4 is 5.32 Å². The summed E-state index contributed by atoms with van der Waals surface area (Å²) < 4.78 is 0. The van der Waals surface area contributed by atoms with Crippen molar-refractivity contribution in [2.45, 2.75) is 31.7 Å². The number of nitrogens with zero attached hydrogens (tertiary/aromatic N) is 1. The summed E-state index contributed by atoms with van der Waals surface area (Å²) in [6, 6.07) is -0.588. The average molecular weight is 226 g/mol. The number of carbonyl (C=O) groups is 2. The smallest absolute Gasteiger partial charge is 0.326 e. The molecule has 90 valence electrons. The van der Waals surface area contributed by atoms with E-state index in [0.29, 0.717) is 19.5 Å². The Morgan fingerprint density at radius 3 is 2.69 bits per heavy atom. The van der Waals surface area contributed by atoms with Gasteiger partial charge in [0.15, 0.2) is 0 Å². The Morgan fingerprint density at radius 1 is 1.25 bits per heavy atom. The van der Waals surface area contributed by atoms with Gasteiger partial charge in [0.05, 0.1) is 5.92 Å². The highest BCUT2D eigenvalue weighted by molar-refractivity contribution is 5.85. The fourth-order valence-electron chi connectivity index (χ4n) is 2.58. The van der Waals surface area contributed by atoms with Crippen LogP contribution in [0.3, 0.4) is 0 Å². The first kappa shape index (κ1) is 11.4. The molecule has 2 atom stereocenters. The van der Waals surface area contributed by atoms with Crippen molar-refractivity contribution in [1.82, 2.24) is 10.2 Å². The molecular weight excluding hydrogens is 208 g/mol. The number of carboxylic acid groups (broad SMARTS) is 1. The van der Waals surface area contributed by atoms with Crippen LogP contribution in [-0.4, -0.2) is 47.6 Å². The average Bonchev–Trinajstić information content (AvgIpc) is 2.78. The minimum absolute atomic E-state index is 0.0197. The summed E-state index contributed by atoms with van der Waals surface area (Å²) in [6.45, 7) is 2.26. The standard InChI is InChI=1S/C11H18N2O3/c14-10(8-3-1-5-12-7-8)13-6-2-4-9(13)11(15)16/h8-9,12H,1-7H2,(H,15,16)/t8?,9-/m1/s1. The lowest BCUT2D eigenvalue weighted by Crippen LogP contribution is -2.47. The molecule has 16 heavy (non-hydrogen) atoms. The SMILES string of the molecule is O=C(O)[C@H]1CCCN1C(=O)C1CCCNC1. The van der Waals surface area contributed by atoms with Crippen molar-refractivity contribution in [2.24, 2.45) is 5.92 Å². The van der Waals surface area contributed by atoms with E-state index in [1.165, 1.54) is 0 Å². The zero-order valence-electron chi connectivity index (χ0n) is 9.32. The number of carboxylic acids is 1. The fraction of sp³-hybridized carbons (Fsp3) is 0.818. The van der Waals surface area contributed by atoms with Crippen LogP contribution in [0, 0.1) is 5.92 Å². The summed E-state index contributed by atoms with van der Waals surface area (Å²) in [4.78, 5) is 24.7.